The third-order valence-corrected chi connectivity index (χ3v) is 4.94. The van der Waals surface area contributed by atoms with Crippen LogP contribution in [0.2, 0.25) is 0 Å². The standard InChI is InChI=1S/C18H18N2O6S/c1-11(27-13-4-6-16-17(10-13)26-8-7-25-16)18(21)19-14-9-12(20(22)23)3-5-15(14)24-2/h3-6,9-11H,7-8H2,1-2H3,(H,19,21)/t11-/m0/s1. The summed E-state index contributed by atoms with van der Waals surface area (Å²) in [7, 11) is 1.43. The van der Waals surface area contributed by atoms with E-state index in [2.05, 4.69) is 5.32 Å². The molecule has 1 aliphatic heterocycles. The molecule has 9 heteroatoms. The Morgan fingerprint density at radius 3 is 2.67 bits per heavy atom. The first-order valence-electron chi connectivity index (χ1n) is 8.17. The normalized spacial score (nSPS) is 13.6. The summed E-state index contributed by atoms with van der Waals surface area (Å²) in [5.74, 6) is 1.39. The summed E-state index contributed by atoms with van der Waals surface area (Å²) in [5.41, 5.74) is 0.129. The number of benzene rings is 2. The van der Waals surface area contributed by atoms with Gasteiger partial charge in [-0.05, 0) is 31.2 Å². The largest absolute Gasteiger partial charge is 0.495 e. The molecule has 142 valence electrons. The zero-order valence-corrected chi connectivity index (χ0v) is 15.6. The Morgan fingerprint density at radius 1 is 1.22 bits per heavy atom. The number of nitrogens with one attached hydrogen (secondary N) is 1. The van der Waals surface area contributed by atoms with Gasteiger partial charge in [0.05, 0.1) is 23.0 Å². The molecule has 27 heavy (non-hydrogen) atoms. The van der Waals surface area contributed by atoms with Crippen LogP contribution in [0.5, 0.6) is 17.2 Å². The third kappa shape index (κ3) is 4.43. The van der Waals surface area contributed by atoms with Crippen molar-refractivity contribution in [2.75, 3.05) is 25.6 Å². The van der Waals surface area contributed by atoms with E-state index in [0.29, 0.717) is 30.5 Å². The Balaban J connectivity index is 1.71. The Labute approximate surface area is 160 Å². The second-order valence-corrected chi connectivity index (χ2v) is 7.11. The molecule has 0 aromatic heterocycles. The number of carbonyl (C=O) groups is 1. The van der Waals surface area contributed by atoms with Gasteiger partial charge in [-0.1, -0.05) is 0 Å². The number of anilines is 1. The van der Waals surface area contributed by atoms with Crippen LogP contribution in [0.1, 0.15) is 6.92 Å². The second-order valence-electron chi connectivity index (χ2n) is 5.70. The quantitative estimate of drug-likeness (QED) is 0.458. The van der Waals surface area contributed by atoms with Crippen molar-refractivity contribution < 1.29 is 23.9 Å². The molecule has 0 saturated heterocycles. The number of nitro benzene ring substituents is 1. The number of thioether (sulfide) groups is 1. The van der Waals surface area contributed by atoms with E-state index in [1.54, 1.807) is 6.92 Å². The summed E-state index contributed by atoms with van der Waals surface area (Å²) in [6.45, 7) is 2.76. The number of nitrogens with zero attached hydrogens (tertiary/aromatic N) is 1. The smallest absolute Gasteiger partial charge is 0.271 e. The molecule has 0 bridgehead atoms. The van der Waals surface area contributed by atoms with Gasteiger partial charge in [-0.15, -0.1) is 11.8 Å². The maximum absolute atomic E-state index is 12.5. The highest BCUT2D eigenvalue weighted by Gasteiger charge is 2.20. The molecule has 1 N–H and O–H groups in total. The van der Waals surface area contributed by atoms with Crippen LogP contribution >= 0.6 is 11.8 Å². The van der Waals surface area contributed by atoms with E-state index >= 15 is 0 Å². The minimum Gasteiger partial charge on any atom is -0.495 e. The second kappa shape index (κ2) is 8.17. The summed E-state index contributed by atoms with van der Waals surface area (Å²) in [4.78, 5) is 23.8. The molecule has 1 atom stereocenters. The van der Waals surface area contributed by atoms with E-state index in [-0.39, 0.29) is 17.3 Å². The maximum Gasteiger partial charge on any atom is 0.271 e. The fourth-order valence-electron chi connectivity index (χ4n) is 2.50. The van der Waals surface area contributed by atoms with Crippen LogP contribution in [0.3, 0.4) is 0 Å². The van der Waals surface area contributed by atoms with Crippen molar-refractivity contribution in [3.8, 4) is 17.2 Å². The molecule has 0 fully saturated rings. The fourth-order valence-corrected chi connectivity index (χ4v) is 3.39. The lowest BCUT2D eigenvalue weighted by atomic mass is 10.2. The summed E-state index contributed by atoms with van der Waals surface area (Å²) < 4.78 is 16.2. The van der Waals surface area contributed by atoms with Crippen molar-refractivity contribution in [3.63, 3.8) is 0 Å². The Morgan fingerprint density at radius 2 is 1.96 bits per heavy atom. The molecule has 2 aromatic rings. The lowest BCUT2D eigenvalue weighted by Crippen LogP contribution is -2.22. The van der Waals surface area contributed by atoms with Crippen molar-refractivity contribution in [1.82, 2.24) is 0 Å². The molecule has 2 aromatic carbocycles. The first-order chi connectivity index (χ1) is 13.0. The van der Waals surface area contributed by atoms with Gasteiger partial charge in [-0.25, -0.2) is 0 Å². The topological polar surface area (TPSA) is 99.9 Å². The van der Waals surface area contributed by atoms with Crippen molar-refractivity contribution in [2.45, 2.75) is 17.1 Å². The molecule has 1 amide bonds. The maximum atomic E-state index is 12.5. The number of rotatable bonds is 6. The van der Waals surface area contributed by atoms with E-state index in [9.17, 15) is 14.9 Å². The van der Waals surface area contributed by atoms with Gasteiger partial charge >= 0.3 is 0 Å². The van der Waals surface area contributed by atoms with Gasteiger partial charge in [0.1, 0.15) is 19.0 Å². The van der Waals surface area contributed by atoms with Gasteiger partial charge in [-0.3, -0.25) is 14.9 Å². The van der Waals surface area contributed by atoms with Gasteiger partial charge in [-0.2, -0.15) is 0 Å². The van der Waals surface area contributed by atoms with Crippen molar-refractivity contribution >= 4 is 29.0 Å². The van der Waals surface area contributed by atoms with Crippen LogP contribution in [0.15, 0.2) is 41.3 Å². The number of fused-ring (bicyclic) bond motifs is 1. The number of nitro groups is 1. The summed E-state index contributed by atoms with van der Waals surface area (Å²) >= 11 is 1.35. The Hall–Kier alpha value is -2.94. The van der Waals surface area contributed by atoms with Gasteiger partial charge in [0.25, 0.3) is 5.69 Å². The Kier molecular flexibility index (Phi) is 5.70. The first-order valence-corrected chi connectivity index (χ1v) is 9.05. The highest BCUT2D eigenvalue weighted by atomic mass is 32.2. The number of ether oxygens (including phenoxy) is 3. The zero-order chi connectivity index (χ0) is 19.4. The highest BCUT2D eigenvalue weighted by molar-refractivity contribution is 8.00. The zero-order valence-electron chi connectivity index (χ0n) is 14.8. The molecular formula is C18H18N2O6S. The van der Waals surface area contributed by atoms with E-state index in [1.807, 2.05) is 18.2 Å². The van der Waals surface area contributed by atoms with Gasteiger partial charge in [0.2, 0.25) is 5.91 Å². The molecule has 0 radical (unpaired) electrons. The van der Waals surface area contributed by atoms with Gasteiger partial charge in [0.15, 0.2) is 11.5 Å². The van der Waals surface area contributed by atoms with Crippen LogP contribution in [0.4, 0.5) is 11.4 Å². The fraction of sp³-hybridized carbons (Fsp3) is 0.278. The average Bonchev–Trinajstić information content (AvgIpc) is 2.67. The first kappa shape index (κ1) is 18.8. The van der Waals surface area contributed by atoms with E-state index < -0.39 is 10.2 Å². The van der Waals surface area contributed by atoms with Crippen molar-refractivity contribution in [3.05, 3.63) is 46.5 Å². The van der Waals surface area contributed by atoms with Crippen LogP contribution in [0.25, 0.3) is 0 Å². The molecule has 1 aliphatic rings. The lowest BCUT2D eigenvalue weighted by molar-refractivity contribution is -0.384. The Bertz CT molecular complexity index is 873. The highest BCUT2D eigenvalue weighted by Crippen LogP contribution is 2.36. The van der Waals surface area contributed by atoms with Crippen LogP contribution < -0.4 is 19.5 Å². The molecule has 0 spiro atoms. The number of hydrogen-bond acceptors (Lipinski definition) is 7. The minimum absolute atomic E-state index is 0.127. The molecule has 8 nitrogen and oxygen atoms in total. The summed E-state index contributed by atoms with van der Waals surface area (Å²) in [5, 5.41) is 13.2. The van der Waals surface area contributed by atoms with Crippen LogP contribution in [-0.2, 0) is 4.79 Å². The molecule has 0 saturated carbocycles. The molecular weight excluding hydrogens is 372 g/mol. The molecule has 0 aliphatic carbocycles. The van der Waals surface area contributed by atoms with Gasteiger partial charge < -0.3 is 19.5 Å². The van der Waals surface area contributed by atoms with E-state index in [1.165, 1.54) is 37.1 Å². The molecule has 1 heterocycles. The molecule has 0 unspecified atom stereocenters. The summed E-state index contributed by atoms with van der Waals surface area (Å²) in [6.07, 6.45) is 0. The number of non-ortho nitro benzene ring substituents is 1. The third-order valence-electron chi connectivity index (χ3n) is 3.85. The van der Waals surface area contributed by atoms with E-state index in [0.717, 1.165) is 4.90 Å². The van der Waals surface area contributed by atoms with E-state index in [4.69, 9.17) is 14.2 Å². The number of carbonyl (C=O) groups excluding carboxylic acids is 1. The van der Waals surface area contributed by atoms with Crippen molar-refractivity contribution in [1.29, 1.82) is 0 Å². The minimum atomic E-state index is -0.525. The van der Waals surface area contributed by atoms with Crippen LogP contribution in [0, 0.1) is 10.1 Å². The van der Waals surface area contributed by atoms with Crippen molar-refractivity contribution in [2.24, 2.45) is 0 Å². The number of methoxy groups -OCH3 is 1. The van der Waals surface area contributed by atoms with Gasteiger partial charge in [0, 0.05) is 17.0 Å². The summed E-state index contributed by atoms with van der Waals surface area (Å²) in [6, 6.07) is 9.55. The lowest BCUT2D eigenvalue weighted by Gasteiger charge is -2.19. The predicted octanol–water partition coefficient (Wildman–Crippen LogP) is 3.49. The monoisotopic (exact) mass is 390 g/mol. The number of amides is 1. The number of hydrogen-bond donors (Lipinski definition) is 1. The molecule has 3 rings (SSSR count). The predicted molar refractivity (Wildman–Crippen MR) is 101 cm³/mol. The SMILES string of the molecule is COc1ccc([N+](=O)[O-])cc1NC(=O)[C@H](C)Sc1ccc2c(c1)OCCO2. The van der Waals surface area contributed by atoms with Crippen LogP contribution in [-0.4, -0.2) is 36.4 Å². The average molecular weight is 390 g/mol.